The number of benzene rings is 2. The van der Waals surface area contributed by atoms with Crippen LogP contribution in [0.3, 0.4) is 0 Å². The summed E-state index contributed by atoms with van der Waals surface area (Å²) in [7, 11) is 0. The second kappa shape index (κ2) is 7.91. The molecule has 0 aliphatic carbocycles. The Hall–Kier alpha value is -3.45. The van der Waals surface area contributed by atoms with E-state index >= 15 is 0 Å². The Morgan fingerprint density at radius 1 is 1.09 bits per heavy atom. The van der Waals surface area contributed by atoms with Crippen LogP contribution in [0.1, 0.15) is 25.3 Å². The van der Waals surface area contributed by atoms with E-state index in [0.29, 0.717) is 30.7 Å². The molecule has 7 heteroatoms. The van der Waals surface area contributed by atoms with Crippen LogP contribution >= 0.6 is 0 Å². The number of para-hydroxylation sites is 1. The third-order valence-corrected chi connectivity index (χ3v) is 6.26. The van der Waals surface area contributed by atoms with Crippen LogP contribution in [-0.2, 0) is 28.6 Å². The van der Waals surface area contributed by atoms with E-state index in [-0.39, 0.29) is 17.9 Å². The van der Waals surface area contributed by atoms with Crippen molar-refractivity contribution in [1.82, 2.24) is 0 Å². The summed E-state index contributed by atoms with van der Waals surface area (Å²) < 4.78 is 17.7. The van der Waals surface area contributed by atoms with Crippen LogP contribution in [0.4, 0.5) is 5.69 Å². The van der Waals surface area contributed by atoms with Crippen molar-refractivity contribution in [2.75, 3.05) is 18.1 Å². The molecule has 0 spiro atoms. The molecule has 0 aromatic heterocycles. The van der Waals surface area contributed by atoms with Gasteiger partial charge in [0.05, 0.1) is 24.7 Å². The SMILES string of the molecule is CCOC(=O)[C@]12C(=C(c3ccccc3)O[C@H]3OCCC[C@H]31)C(=O)C(=O)N2c1ccccc1. The molecule has 3 aliphatic heterocycles. The molecule has 3 heterocycles. The summed E-state index contributed by atoms with van der Waals surface area (Å²) in [5.41, 5.74) is -0.588. The second-order valence-corrected chi connectivity index (χ2v) is 7.97. The molecular formula is C25H23NO6. The highest BCUT2D eigenvalue weighted by atomic mass is 16.7. The van der Waals surface area contributed by atoms with Gasteiger partial charge in [-0.05, 0) is 31.9 Å². The number of rotatable bonds is 4. The summed E-state index contributed by atoms with van der Waals surface area (Å²) in [6, 6.07) is 17.8. The van der Waals surface area contributed by atoms with Crippen molar-refractivity contribution in [2.45, 2.75) is 31.6 Å². The molecule has 1 amide bonds. The standard InChI is InChI=1S/C25H23NO6/c1-2-30-24(29)25-18-14-9-15-31-23(18)32-21(16-10-5-3-6-11-16)19(25)20(27)22(28)26(25)17-12-7-4-8-13-17/h3-8,10-13,18,23H,2,9,14-15H2,1H3/t18-,23-,25-/m1/s1. The molecule has 3 atom stereocenters. The van der Waals surface area contributed by atoms with Gasteiger partial charge in [-0.1, -0.05) is 48.5 Å². The van der Waals surface area contributed by atoms with Crippen LogP contribution in [0.25, 0.3) is 5.76 Å². The van der Waals surface area contributed by atoms with Gasteiger partial charge in [0.1, 0.15) is 5.76 Å². The largest absolute Gasteiger partial charge is 0.464 e. The van der Waals surface area contributed by atoms with Crippen molar-refractivity contribution in [3.05, 3.63) is 71.8 Å². The number of ketones is 1. The van der Waals surface area contributed by atoms with Crippen LogP contribution in [0.5, 0.6) is 0 Å². The maximum Gasteiger partial charge on any atom is 0.338 e. The zero-order valence-electron chi connectivity index (χ0n) is 17.7. The van der Waals surface area contributed by atoms with Crippen LogP contribution in [0.2, 0.25) is 0 Å². The van der Waals surface area contributed by atoms with Gasteiger partial charge in [-0.3, -0.25) is 14.5 Å². The molecular weight excluding hydrogens is 410 g/mol. The van der Waals surface area contributed by atoms with E-state index in [1.807, 2.05) is 24.3 Å². The molecule has 0 N–H and O–H groups in total. The summed E-state index contributed by atoms with van der Waals surface area (Å²) >= 11 is 0. The summed E-state index contributed by atoms with van der Waals surface area (Å²) in [5.74, 6) is -2.57. The predicted molar refractivity (Wildman–Crippen MR) is 115 cm³/mol. The third kappa shape index (κ3) is 2.81. The first kappa shape index (κ1) is 20.5. The number of carbonyl (C=O) groups is 3. The van der Waals surface area contributed by atoms with Gasteiger partial charge in [0, 0.05) is 11.3 Å². The summed E-state index contributed by atoms with van der Waals surface area (Å²) in [6.45, 7) is 2.28. The molecule has 2 saturated heterocycles. The molecule has 0 unspecified atom stereocenters. The molecule has 2 aromatic carbocycles. The normalized spacial score (nSPS) is 27.0. The van der Waals surface area contributed by atoms with Crippen molar-refractivity contribution in [1.29, 1.82) is 0 Å². The molecule has 32 heavy (non-hydrogen) atoms. The Bertz CT molecular complexity index is 1100. The van der Waals surface area contributed by atoms with E-state index in [0.717, 1.165) is 0 Å². The van der Waals surface area contributed by atoms with Crippen molar-refractivity contribution in [3.8, 4) is 0 Å². The topological polar surface area (TPSA) is 82.1 Å². The lowest BCUT2D eigenvalue weighted by molar-refractivity contribution is -0.189. The van der Waals surface area contributed by atoms with Gasteiger partial charge in [0.25, 0.3) is 5.78 Å². The number of nitrogens with zero attached hydrogens (tertiary/aromatic N) is 1. The number of hydrogen-bond acceptors (Lipinski definition) is 6. The fraction of sp³-hybridized carbons (Fsp3) is 0.320. The van der Waals surface area contributed by atoms with Gasteiger partial charge < -0.3 is 14.2 Å². The fourth-order valence-electron chi connectivity index (χ4n) is 5.02. The predicted octanol–water partition coefficient (Wildman–Crippen LogP) is 3.10. The Morgan fingerprint density at radius 3 is 2.47 bits per heavy atom. The number of esters is 1. The van der Waals surface area contributed by atoms with Crippen molar-refractivity contribution in [3.63, 3.8) is 0 Å². The Balaban J connectivity index is 1.85. The highest BCUT2D eigenvalue weighted by molar-refractivity contribution is 6.54. The van der Waals surface area contributed by atoms with Crippen LogP contribution in [-0.4, -0.2) is 42.7 Å². The average molecular weight is 433 g/mol. The minimum atomic E-state index is -1.67. The Morgan fingerprint density at radius 2 is 1.78 bits per heavy atom. The maximum absolute atomic E-state index is 13.8. The lowest BCUT2D eigenvalue weighted by atomic mass is 9.71. The van der Waals surface area contributed by atoms with Gasteiger partial charge in [-0.2, -0.15) is 0 Å². The van der Waals surface area contributed by atoms with Gasteiger partial charge in [0.2, 0.25) is 6.29 Å². The van der Waals surface area contributed by atoms with E-state index in [9.17, 15) is 14.4 Å². The Labute approximate surface area is 185 Å². The van der Waals surface area contributed by atoms with Crippen LogP contribution in [0.15, 0.2) is 66.2 Å². The number of carbonyl (C=O) groups excluding carboxylic acids is 3. The number of Topliss-reactive ketones (excluding diaryl/α,β-unsaturated/α-hetero) is 1. The second-order valence-electron chi connectivity index (χ2n) is 7.97. The zero-order valence-corrected chi connectivity index (χ0v) is 17.7. The minimum Gasteiger partial charge on any atom is -0.464 e. The quantitative estimate of drug-likeness (QED) is 0.544. The van der Waals surface area contributed by atoms with E-state index in [2.05, 4.69) is 0 Å². The third-order valence-electron chi connectivity index (χ3n) is 6.26. The number of amides is 1. The number of fused-ring (bicyclic) bond motifs is 3. The van der Waals surface area contributed by atoms with Crippen LogP contribution < -0.4 is 4.90 Å². The molecule has 0 bridgehead atoms. The van der Waals surface area contributed by atoms with Gasteiger partial charge in [0.15, 0.2) is 5.54 Å². The monoisotopic (exact) mass is 433 g/mol. The molecule has 3 aliphatic rings. The first-order valence-electron chi connectivity index (χ1n) is 10.8. The lowest BCUT2D eigenvalue weighted by Crippen LogP contribution is -2.64. The van der Waals surface area contributed by atoms with Gasteiger partial charge in [-0.15, -0.1) is 0 Å². The summed E-state index contributed by atoms with van der Waals surface area (Å²) in [5, 5.41) is 0. The van der Waals surface area contributed by atoms with E-state index in [4.69, 9.17) is 14.2 Å². The smallest absolute Gasteiger partial charge is 0.338 e. The molecule has 0 saturated carbocycles. The molecule has 7 nitrogen and oxygen atoms in total. The number of anilines is 1. The van der Waals surface area contributed by atoms with Crippen LogP contribution in [0, 0.1) is 5.92 Å². The maximum atomic E-state index is 13.8. The Kier molecular flexibility index (Phi) is 5.06. The zero-order chi connectivity index (χ0) is 22.3. The number of hydrogen-bond donors (Lipinski definition) is 0. The molecule has 0 radical (unpaired) electrons. The van der Waals surface area contributed by atoms with Crippen molar-refractivity contribution in [2.24, 2.45) is 5.92 Å². The highest BCUT2D eigenvalue weighted by Crippen LogP contribution is 2.53. The van der Waals surface area contributed by atoms with Crippen molar-refractivity contribution >= 4 is 29.1 Å². The lowest BCUT2D eigenvalue weighted by Gasteiger charge is -2.49. The van der Waals surface area contributed by atoms with E-state index < -0.39 is 35.4 Å². The minimum absolute atomic E-state index is 0.0303. The van der Waals surface area contributed by atoms with Gasteiger partial charge >= 0.3 is 11.9 Å². The molecule has 2 aromatic rings. The molecule has 2 fully saturated rings. The first-order valence-corrected chi connectivity index (χ1v) is 10.8. The molecule has 5 rings (SSSR count). The highest BCUT2D eigenvalue weighted by Gasteiger charge is 2.70. The van der Waals surface area contributed by atoms with Gasteiger partial charge in [-0.25, -0.2) is 4.79 Å². The summed E-state index contributed by atoms with van der Waals surface area (Å²) in [6.07, 6.45) is 0.417. The average Bonchev–Trinajstić information content (AvgIpc) is 3.08. The fourth-order valence-corrected chi connectivity index (χ4v) is 5.02. The van der Waals surface area contributed by atoms with E-state index in [1.54, 1.807) is 43.3 Å². The summed E-state index contributed by atoms with van der Waals surface area (Å²) in [4.78, 5) is 42.1. The number of ether oxygens (including phenoxy) is 3. The molecule has 164 valence electrons. The van der Waals surface area contributed by atoms with E-state index in [1.165, 1.54) is 4.90 Å². The van der Waals surface area contributed by atoms with Crippen molar-refractivity contribution < 1.29 is 28.6 Å². The first-order chi connectivity index (χ1) is 15.6.